The molecule has 2 aliphatic carbocycles. The smallest absolute Gasteiger partial charge is 1.00 e. The summed E-state index contributed by atoms with van der Waals surface area (Å²) in [6.45, 7) is 15.9. The molecule has 2 unspecified atom stereocenters. The average molecular weight is 600 g/mol. The third kappa shape index (κ3) is 4.56. The second kappa shape index (κ2) is 10.3. The number of rotatable bonds is 2. The predicted octanol–water partition coefficient (Wildman–Crippen LogP) is 2.75. The van der Waals surface area contributed by atoms with Crippen molar-refractivity contribution < 1.29 is 54.0 Å². The van der Waals surface area contributed by atoms with Crippen molar-refractivity contribution in [2.75, 3.05) is 0 Å². The number of allylic oxidation sites excluding steroid dienone is 2. The van der Waals surface area contributed by atoms with Crippen molar-refractivity contribution in [3.8, 4) is 11.1 Å². The average Bonchev–Trinajstić information content (AvgIpc) is 3.42. The van der Waals surface area contributed by atoms with E-state index in [1.165, 1.54) is 44.7 Å². The summed E-state index contributed by atoms with van der Waals surface area (Å²) in [5, 5.41) is 1.67. The van der Waals surface area contributed by atoms with Gasteiger partial charge in [-0.15, -0.1) is 0 Å². The van der Waals surface area contributed by atoms with E-state index in [0.29, 0.717) is 15.1 Å². The van der Waals surface area contributed by atoms with E-state index in [2.05, 4.69) is 95.4 Å². The Hall–Kier alpha value is -1.12. The van der Waals surface area contributed by atoms with Gasteiger partial charge in [0.05, 0.1) is 8.07 Å². The maximum absolute atomic E-state index is 5.78. The Balaban J connectivity index is 0.000000199. The number of hydrogen-bond acceptors (Lipinski definition) is 1. The second-order valence-electron chi connectivity index (χ2n) is 10.8. The van der Waals surface area contributed by atoms with Crippen molar-refractivity contribution in [2.24, 2.45) is 0 Å². The van der Waals surface area contributed by atoms with Gasteiger partial charge in [-0.25, -0.2) is 0 Å². The number of benzene rings is 2. The summed E-state index contributed by atoms with van der Waals surface area (Å²) >= 11 is 1.59. The molecule has 0 radical (unpaired) electrons. The van der Waals surface area contributed by atoms with Gasteiger partial charge in [-0.3, -0.25) is 0 Å². The molecule has 181 valence electrons. The fraction of sp³-hybridized carbons (Fsp3) is 0.333. The molecule has 2 bridgehead atoms. The summed E-state index contributed by atoms with van der Waals surface area (Å²) < 4.78 is 6.42. The fourth-order valence-electron chi connectivity index (χ4n) is 6.14. The van der Waals surface area contributed by atoms with Crippen LogP contribution >= 0.6 is 0 Å². The SMILES string of the molecule is CC1=C2c3cc(C)oc3C1[Si]2(C)C.CC1=Cc2c(-c3ccc(C(C)C)cc3)cccc2[CH]1[Zr+2].[Cl-].[Cl-]. The summed E-state index contributed by atoms with van der Waals surface area (Å²) in [6, 6.07) is 18.0. The van der Waals surface area contributed by atoms with Crippen LogP contribution in [0.5, 0.6) is 0 Å². The summed E-state index contributed by atoms with van der Waals surface area (Å²) in [6.07, 6.45) is 2.38. The molecular formula is C30H33Cl2OSiZr. The molecule has 0 saturated carbocycles. The minimum Gasteiger partial charge on any atom is -1.00 e. The van der Waals surface area contributed by atoms with Gasteiger partial charge in [0.2, 0.25) is 0 Å². The second-order valence-corrected chi connectivity index (χ2v) is 16.7. The summed E-state index contributed by atoms with van der Waals surface area (Å²) in [4.78, 5) is 0. The maximum Gasteiger partial charge on any atom is -1.00 e. The molecule has 2 aliphatic heterocycles. The first kappa shape index (κ1) is 28.5. The van der Waals surface area contributed by atoms with E-state index in [9.17, 15) is 0 Å². The molecule has 0 fully saturated rings. The molecule has 4 aliphatic rings. The standard InChI is InChI=1S/C19H19.C11H14OSi.2ClH.Zr/c1-13(2)15-7-9-16(10-8-15)18-6-4-5-17-11-14(3)12-19(17)18;1-6-5-8-9(12-6)11-7(2)10(8)13(11,3)4;;;/h4-13H,1-3H3;5,11H,1-4H3;2*1H;/q;;;;+2/p-2. The normalized spacial score (nSPS) is 20.1. The van der Waals surface area contributed by atoms with Gasteiger partial charge in [-0.05, 0) is 25.1 Å². The Labute approximate surface area is 239 Å². The van der Waals surface area contributed by atoms with Crippen molar-refractivity contribution in [3.63, 3.8) is 0 Å². The number of aryl methyl sites for hydroxylation is 1. The van der Waals surface area contributed by atoms with Crippen LogP contribution in [0.1, 0.15) is 76.6 Å². The number of hydrogen-bond donors (Lipinski definition) is 0. The van der Waals surface area contributed by atoms with Crippen LogP contribution in [0.4, 0.5) is 0 Å². The summed E-state index contributed by atoms with van der Waals surface area (Å²) in [5.41, 5.74) is 12.3. The molecule has 3 heterocycles. The monoisotopic (exact) mass is 597 g/mol. The van der Waals surface area contributed by atoms with Crippen LogP contribution < -0.4 is 24.8 Å². The first-order valence-electron chi connectivity index (χ1n) is 12.1. The molecule has 2 atom stereocenters. The topological polar surface area (TPSA) is 13.1 Å². The summed E-state index contributed by atoms with van der Waals surface area (Å²) in [5.74, 6) is 2.95. The zero-order valence-electron chi connectivity index (χ0n) is 21.6. The zero-order chi connectivity index (χ0) is 23.7. The summed E-state index contributed by atoms with van der Waals surface area (Å²) in [7, 11) is -1.10. The molecule has 1 aromatic heterocycles. The Morgan fingerprint density at radius 3 is 2.14 bits per heavy atom. The molecule has 5 heteroatoms. The van der Waals surface area contributed by atoms with E-state index in [1.807, 2.05) is 6.92 Å². The van der Waals surface area contributed by atoms with E-state index in [4.69, 9.17) is 4.42 Å². The Morgan fingerprint density at radius 2 is 1.57 bits per heavy atom. The minimum absolute atomic E-state index is 0. The van der Waals surface area contributed by atoms with E-state index in [0.717, 1.165) is 5.76 Å². The van der Waals surface area contributed by atoms with Crippen LogP contribution in [0, 0.1) is 6.92 Å². The van der Waals surface area contributed by atoms with E-state index < -0.39 is 8.07 Å². The molecule has 35 heavy (non-hydrogen) atoms. The Morgan fingerprint density at radius 1 is 0.914 bits per heavy atom. The predicted molar refractivity (Wildman–Crippen MR) is 139 cm³/mol. The largest absolute Gasteiger partial charge is 1.00 e. The third-order valence-corrected chi connectivity index (χ3v) is 13.8. The number of halogens is 2. The molecule has 0 spiro atoms. The number of furan rings is 1. The van der Waals surface area contributed by atoms with Crippen LogP contribution in [-0.4, -0.2) is 8.07 Å². The quantitative estimate of drug-likeness (QED) is 0.413. The molecule has 3 aromatic rings. The van der Waals surface area contributed by atoms with Crippen LogP contribution in [-0.2, 0) is 24.7 Å². The van der Waals surface area contributed by atoms with Gasteiger partial charge in [0.15, 0.2) is 0 Å². The van der Waals surface area contributed by atoms with Crippen molar-refractivity contribution in [2.45, 2.75) is 62.8 Å². The van der Waals surface area contributed by atoms with Crippen LogP contribution in [0.3, 0.4) is 0 Å². The molecule has 0 saturated heterocycles. The van der Waals surface area contributed by atoms with Gasteiger partial charge in [0.25, 0.3) is 0 Å². The van der Waals surface area contributed by atoms with Gasteiger partial charge in [-0.2, -0.15) is 0 Å². The fourth-order valence-corrected chi connectivity index (χ4v) is 11.2. The first-order valence-corrected chi connectivity index (χ1v) is 16.6. The van der Waals surface area contributed by atoms with E-state index in [-0.39, 0.29) is 24.8 Å². The molecule has 0 N–H and O–H groups in total. The Kier molecular flexibility index (Phi) is 8.40. The van der Waals surface area contributed by atoms with Gasteiger partial charge in [0.1, 0.15) is 11.5 Å². The van der Waals surface area contributed by atoms with E-state index in [1.54, 1.807) is 35.5 Å². The van der Waals surface area contributed by atoms with Crippen molar-refractivity contribution in [1.29, 1.82) is 0 Å². The van der Waals surface area contributed by atoms with Gasteiger partial charge in [-0.1, -0.05) is 18.7 Å². The van der Waals surface area contributed by atoms with Crippen molar-refractivity contribution in [1.82, 2.24) is 0 Å². The zero-order valence-corrected chi connectivity index (χ0v) is 26.6. The van der Waals surface area contributed by atoms with Gasteiger partial charge >= 0.3 is 137 Å². The number of fused-ring (bicyclic) bond motifs is 1. The molecular weight excluding hydrogens is 567 g/mol. The van der Waals surface area contributed by atoms with Crippen LogP contribution in [0.25, 0.3) is 22.4 Å². The minimum atomic E-state index is -1.10. The molecule has 0 amide bonds. The van der Waals surface area contributed by atoms with Gasteiger partial charge in [0, 0.05) is 11.1 Å². The molecule has 2 aromatic carbocycles. The molecule has 1 nitrogen and oxygen atoms in total. The van der Waals surface area contributed by atoms with Crippen molar-refractivity contribution >= 4 is 19.3 Å². The van der Waals surface area contributed by atoms with Crippen LogP contribution in [0.2, 0.25) is 13.1 Å². The Bertz CT molecular complexity index is 1310. The van der Waals surface area contributed by atoms with Gasteiger partial charge < -0.3 is 29.2 Å². The van der Waals surface area contributed by atoms with Crippen molar-refractivity contribution in [3.05, 3.63) is 93.5 Å². The van der Waals surface area contributed by atoms with Crippen LogP contribution in [0.15, 0.2) is 64.1 Å². The first-order chi connectivity index (χ1) is 15.6. The van der Waals surface area contributed by atoms with E-state index >= 15 is 0 Å². The third-order valence-electron chi connectivity index (χ3n) is 7.78. The molecule has 7 rings (SSSR count). The maximum atomic E-state index is 5.78.